The van der Waals surface area contributed by atoms with Crippen LogP contribution in [0.3, 0.4) is 0 Å². The van der Waals surface area contributed by atoms with Crippen LogP contribution in [-0.4, -0.2) is 77.6 Å². The van der Waals surface area contributed by atoms with Crippen LogP contribution in [0.4, 0.5) is 16.3 Å². The zero-order valence-corrected chi connectivity index (χ0v) is 23.7. The van der Waals surface area contributed by atoms with Gasteiger partial charge in [0.25, 0.3) is 5.91 Å². The van der Waals surface area contributed by atoms with E-state index in [9.17, 15) is 9.59 Å². The molecule has 1 aromatic heterocycles. The van der Waals surface area contributed by atoms with Crippen molar-refractivity contribution in [2.75, 3.05) is 50.1 Å². The Hall–Kier alpha value is -4.14. The van der Waals surface area contributed by atoms with Crippen molar-refractivity contribution in [2.24, 2.45) is 5.92 Å². The molecular weight excluding hydrogens is 516 g/mol. The molecule has 0 saturated carbocycles. The van der Waals surface area contributed by atoms with E-state index >= 15 is 0 Å². The van der Waals surface area contributed by atoms with E-state index in [1.54, 1.807) is 7.11 Å². The van der Waals surface area contributed by atoms with E-state index in [0.29, 0.717) is 31.2 Å². The van der Waals surface area contributed by atoms with Crippen molar-refractivity contribution < 1.29 is 14.3 Å². The van der Waals surface area contributed by atoms with Gasteiger partial charge < -0.3 is 24.8 Å². The second kappa shape index (κ2) is 11.8. The van der Waals surface area contributed by atoms with Gasteiger partial charge in [0.2, 0.25) is 0 Å². The number of ether oxygens (including phenoxy) is 1. The maximum Gasteiger partial charge on any atom is 0.322 e. The highest BCUT2D eigenvalue weighted by Gasteiger charge is 2.33. The largest absolute Gasteiger partial charge is 0.497 e. The van der Waals surface area contributed by atoms with Crippen molar-refractivity contribution in [2.45, 2.75) is 44.6 Å². The number of hydrogen-bond donors (Lipinski definition) is 1. The molecule has 1 fully saturated rings. The molecule has 4 heterocycles. The number of anilines is 2. The fourth-order valence-corrected chi connectivity index (χ4v) is 6.68. The Morgan fingerprint density at radius 2 is 2.02 bits per heavy atom. The van der Waals surface area contributed by atoms with E-state index in [-0.39, 0.29) is 18.0 Å². The van der Waals surface area contributed by atoms with Gasteiger partial charge in [-0.15, -0.1) is 6.58 Å². The van der Waals surface area contributed by atoms with Gasteiger partial charge in [-0.2, -0.15) is 0 Å². The van der Waals surface area contributed by atoms with E-state index in [1.807, 2.05) is 40.1 Å². The molecule has 0 radical (unpaired) electrons. The summed E-state index contributed by atoms with van der Waals surface area (Å²) in [6.45, 7) is 7.43. The molecule has 3 aliphatic heterocycles. The third-order valence-electron chi connectivity index (χ3n) is 8.88. The van der Waals surface area contributed by atoms with Crippen molar-refractivity contribution in [3.63, 3.8) is 0 Å². The molecule has 2 aromatic rings. The lowest BCUT2D eigenvalue weighted by atomic mass is 9.82. The van der Waals surface area contributed by atoms with Gasteiger partial charge in [-0.25, -0.2) is 14.8 Å². The third kappa shape index (κ3) is 5.58. The summed E-state index contributed by atoms with van der Waals surface area (Å²) in [5, 5.41) is 3.09. The fourth-order valence-electron chi connectivity index (χ4n) is 6.68. The zero-order valence-electron chi connectivity index (χ0n) is 23.7. The molecule has 1 aromatic carbocycles. The van der Waals surface area contributed by atoms with Crippen LogP contribution >= 0.6 is 0 Å². The molecule has 1 saturated heterocycles. The third-order valence-corrected chi connectivity index (χ3v) is 8.88. The summed E-state index contributed by atoms with van der Waals surface area (Å²) in [5.74, 6) is 1.82. The summed E-state index contributed by atoms with van der Waals surface area (Å²) in [6, 6.07) is 7.71. The lowest BCUT2D eigenvalue weighted by Crippen LogP contribution is -2.49. The first-order valence-electron chi connectivity index (χ1n) is 14.6. The number of piperidine rings is 1. The first-order chi connectivity index (χ1) is 20.0. The zero-order chi connectivity index (χ0) is 28.3. The number of benzene rings is 1. The first kappa shape index (κ1) is 27.1. The van der Waals surface area contributed by atoms with E-state index < -0.39 is 0 Å². The summed E-state index contributed by atoms with van der Waals surface area (Å²) in [7, 11) is 1.65. The van der Waals surface area contributed by atoms with Gasteiger partial charge in [-0.05, 0) is 67.9 Å². The molecule has 4 aliphatic rings. The summed E-state index contributed by atoms with van der Waals surface area (Å²) in [5.41, 5.74) is 5.11. The van der Waals surface area contributed by atoms with Crippen LogP contribution in [-0.2, 0) is 6.42 Å². The number of nitrogens with zero attached hydrogens (tertiary/aromatic N) is 5. The number of aromatic nitrogens is 2. The monoisotopic (exact) mass is 554 g/mol. The molecule has 3 amide bonds. The van der Waals surface area contributed by atoms with E-state index in [1.165, 1.54) is 17.5 Å². The van der Waals surface area contributed by atoms with Gasteiger partial charge in [0, 0.05) is 56.4 Å². The second-order valence-electron chi connectivity index (χ2n) is 11.3. The minimum absolute atomic E-state index is 0.0512. The SMILES string of the molecule is C=CCC1CN(C(=O)c2cc(N3CCC(N4CCc5cc(OC)ccc5NC4=O)CC3)ncn2)CC2=C1CCC=C2. The van der Waals surface area contributed by atoms with Crippen LogP contribution in [0.1, 0.15) is 48.2 Å². The summed E-state index contributed by atoms with van der Waals surface area (Å²) >= 11 is 0. The van der Waals surface area contributed by atoms with Crippen LogP contribution in [0.5, 0.6) is 5.75 Å². The van der Waals surface area contributed by atoms with Gasteiger partial charge in [0.15, 0.2) is 0 Å². The summed E-state index contributed by atoms with van der Waals surface area (Å²) < 4.78 is 5.36. The lowest BCUT2D eigenvalue weighted by molar-refractivity contribution is 0.0733. The highest BCUT2D eigenvalue weighted by molar-refractivity contribution is 5.93. The molecule has 214 valence electrons. The Balaban J connectivity index is 1.10. The topological polar surface area (TPSA) is 90.9 Å². The molecule has 9 heteroatoms. The van der Waals surface area contributed by atoms with Crippen molar-refractivity contribution in [3.05, 3.63) is 77.8 Å². The quantitative estimate of drug-likeness (QED) is 0.514. The normalized spacial score (nSPS) is 21.1. The number of rotatable bonds is 6. The first-order valence-corrected chi connectivity index (χ1v) is 14.6. The highest BCUT2D eigenvalue weighted by Crippen LogP contribution is 2.34. The lowest BCUT2D eigenvalue weighted by Gasteiger charge is -2.38. The van der Waals surface area contributed by atoms with Crippen LogP contribution in [0.15, 0.2) is 66.5 Å². The smallest absolute Gasteiger partial charge is 0.322 e. The van der Waals surface area contributed by atoms with Gasteiger partial charge in [0.05, 0.1) is 7.11 Å². The van der Waals surface area contributed by atoms with Crippen molar-refractivity contribution in [1.82, 2.24) is 19.8 Å². The van der Waals surface area contributed by atoms with Crippen LogP contribution in [0.2, 0.25) is 0 Å². The van der Waals surface area contributed by atoms with Crippen LogP contribution in [0.25, 0.3) is 0 Å². The maximum absolute atomic E-state index is 13.6. The van der Waals surface area contributed by atoms with Crippen molar-refractivity contribution in [3.8, 4) is 5.75 Å². The van der Waals surface area contributed by atoms with Crippen LogP contribution < -0.4 is 15.0 Å². The predicted molar refractivity (Wildman–Crippen MR) is 159 cm³/mol. The average molecular weight is 555 g/mol. The van der Waals surface area contributed by atoms with Gasteiger partial charge in [0.1, 0.15) is 23.6 Å². The Bertz CT molecular complexity index is 1390. The molecule has 1 N–H and O–H groups in total. The predicted octanol–water partition coefficient (Wildman–Crippen LogP) is 4.84. The Labute approximate surface area is 241 Å². The number of amides is 3. The summed E-state index contributed by atoms with van der Waals surface area (Å²) in [4.78, 5) is 41.7. The fraction of sp³-hybridized carbons (Fsp3) is 0.438. The molecule has 1 aliphatic carbocycles. The number of carbonyl (C=O) groups is 2. The minimum Gasteiger partial charge on any atom is -0.497 e. The second-order valence-corrected chi connectivity index (χ2v) is 11.3. The Morgan fingerprint density at radius 1 is 1.17 bits per heavy atom. The van der Waals surface area contributed by atoms with Crippen molar-refractivity contribution >= 4 is 23.4 Å². The van der Waals surface area contributed by atoms with Gasteiger partial charge >= 0.3 is 6.03 Å². The summed E-state index contributed by atoms with van der Waals surface area (Å²) in [6.07, 6.45) is 13.3. The molecule has 1 unspecified atom stereocenters. The molecule has 0 spiro atoms. The van der Waals surface area contributed by atoms with Crippen LogP contribution in [0, 0.1) is 5.92 Å². The Morgan fingerprint density at radius 3 is 2.83 bits per heavy atom. The average Bonchev–Trinajstić information content (AvgIpc) is 3.18. The highest BCUT2D eigenvalue weighted by atomic mass is 16.5. The van der Waals surface area contributed by atoms with E-state index in [4.69, 9.17) is 4.74 Å². The standard InChI is InChI=1S/C32H38N6O3/c1-3-6-23-19-37(20-24-7-4-5-8-27(23)24)31(39)29-18-30(34-21-33-29)36-14-12-25(13-15-36)38-16-11-22-17-26(41-2)9-10-28(22)35-32(38)40/h3-4,7,9-10,17-18,21,23,25H,1,5-6,8,11-16,19-20H2,2H3,(H,35,40). The molecule has 1 atom stereocenters. The maximum atomic E-state index is 13.6. The molecule has 6 rings (SSSR count). The van der Waals surface area contributed by atoms with E-state index in [0.717, 1.165) is 74.4 Å². The molecule has 9 nitrogen and oxygen atoms in total. The number of methoxy groups -OCH3 is 1. The molecule has 41 heavy (non-hydrogen) atoms. The number of fused-ring (bicyclic) bond motifs is 1. The number of nitrogens with one attached hydrogen (secondary N) is 1. The molecule has 0 bridgehead atoms. The van der Waals surface area contributed by atoms with Gasteiger partial charge in [-0.1, -0.05) is 23.8 Å². The molecular formula is C32H38N6O3. The number of carbonyl (C=O) groups excluding carboxylic acids is 2. The number of hydrogen-bond acceptors (Lipinski definition) is 6. The van der Waals surface area contributed by atoms with Crippen molar-refractivity contribution in [1.29, 1.82) is 0 Å². The number of urea groups is 1. The Kier molecular flexibility index (Phi) is 7.76. The van der Waals surface area contributed by atoms with Gasteiger partial charge in [-0.3, -0.25) is 4.79 Å². The minimum atomic E-state index is -0.0550. The number of allylic oxidation sites excluding steroid dienone is 2. The van der Waals surface area contributed by atoms with E-state index in [2.05, 4.69) is 38.9 Å².